The highest BCUT2D eigenvalue weighted by atomic mass is 79.9. The zero-order valence-electron chi connectivity index (χ0n) is 8.53. The zero-order chi connectivity index (χ0) is 10.8. The normalized spacial score (nSPS) is 17.2. The molecule has 1 heterocycles. The van der Waals surface area contributed by atoms with E-state index in [1.54, 1.807) is 12.3 Å². The van der Waals surface area contributed by atoms with E-state index in [-0.39, 0.29) is 11.8 Å². The molecule has 2 rings (SSSR count). The van der Waals surface area contributed by atoms with Crippen LogP contribution in [0.2, 0.25) is 0 Å². The van der Waals surface area contributed by atoms with Crippen LogP contribution in [-0.4, -0.2) is 10.9 Å². The van der Waals surface area contributed by atoms with E-state index in [0.717, 1.165) is 4.47 Å². The summed E-state index contributed by atoms with van der Waals surface area (Å²) >= 11 is 3.34. The van der Waals surface area contributed by atoms with Gasteiger partial charge in [0.05, 0.1) is 0 Å². The Morgan fingerprint density at radius 1 is 1.67 bits per heavy atom. The molecule has 0 bridgehead atoms. The topological polar surface area (TPSA) is 42.0 Å². The number of hydrogen-bond donors (Lipinski definition) is 1. The number of hydrogen-bond acceptors (Lipinski definition) is 2. The number of aromatic nitrogens is 1. The molecule has 0 aromatic carbocycles. The van der Waals surface area contributed by atoms with Crippen molar-refractivity contribution in [2.24, 2.45) is 11.8 Å². The average molecular weight is 269 g/mol. The molecule has 4 heteroatoms. The molecule has 1 N–H and O–H groups in total. The molecular formula is C11H13BrN2O. The maximum Gasteiger partial charge on any atom is 0.228 e. The van der Waals surface area contributed by atoms with Gasteiger partial charge in [-0.15, -0.1) is 0 Å². The molecule has 0 saturated heterocycles. The fourth-order valence-corrected chi connectivity index (χ4v) is 1.86. The van der Waals surface area contributed by atoms with Crippen LogP contribution >= 0.6 is 15.9 Å². The van der Waals surface area contributed by atoms with Gasteiger partial charge in [-0.25, -0.2) is 4.98 Å². The second-order valence-electron chi connectivity index (χ2n) is 3.97. The Morgan fingerprint density at radius 3 is 3.00 bits per heavy atom. The van der Waals surface area contributed by atoms with Gasteiger partial charge in [0, 0.05) is 16.6 Å². The monoisotopic (exact) mass is 268 g/mol. The SMILES string of the molecule is CC(C(=O)Nc1cc(Br)ccn1)C1CC1. The molecule has 1 aromatic rings. The molecule has 1 aliphatic carbocycles. The van der Waals surface area contributed by atoms with Crippen LogP contribution in [0.25, 0.3) is 0 Å². The number of rotatable bonds is 3. The Bertz CT molecular complexity index is 377. The van der Waals surface area contributed by atoms with Crippen LogP contribution < -0.4 is 5.32 Å². The zero-order valence-corrected chi connectivity index (χ0v) is 10.1. The predicted octanol–water partition coefficient (Wildman–Crippen LogP) is 2.83. The second-order valence-corrected chi connectivity index (χ2v) is 4.89. The minimum absolute atomic E-state index is 0.0723. The lowest BCUT2D eigenvalue weighted by Gasteiger charge is -2.10. The van der Waals surface area contributed by atoms with Gasteiger partial charge in [-0.2, -0.15) is 0 Å². The Morgan fingerprint density at radius 2 is 2.40 bits per heavy atom. The second kappa shape index (κ2) is 4.31. The first-order valence-corrected chi connectivity index (χ1v) is 5.88. The van der Waals surface area contributed by atoms with Crippen molar-refractivity contribution in [1.82, 2.24) is 4.98 Å². The first-order chi connectivity index (χ1) is 7.16. The van der Waals surface area contributed by atoms with E-state index in [1.807, 2.05) is 13.0 Å². The Kier molecular flexibility index (Phi) is 3.05. The standard InChI is InChI=1S/C11H13BrN2O/c1-7(8-2-3-8)11(15)14-10-6-9(12)4-5-13-10/h4-8H,2-3H2,1H3,(H,13,14,15). The van der Waals surface area contributed by atoms with Gasteiger partial charge in [0.1, 0.15) is 5.82 Å². The minimum atomic E-state index is 0.0723. The maximum atomic E-state index is 11.7. The number of anilines is 1. The summed E-state index contributed by atoms with van der Waals surface area (Å²) in [6.07, 6.45) is 4.03. The van der Waals surface area contributed by atoms with E-state index in [1.165, 1.54) is 12.8 Å². The Hall–Kier alpha value is -0.900. The minimum Gasteiger partial charge on any atom is -0.310 e. The highest BCUT2D eigenvalue weighted by Gasteiger charge is 2.32. The molecule has 80 valence electrons. The molecule has 1 fully saturated rings. The summed E-state index contributed by atoms with van der Waals surface area (Å²) in [6, 6.07) is 3.64. The van der Waals surface area contributed by atoms with Gasteiger partial charge < -0.3 is 5.32 Å². The van der Waals surface area contributed by atoms with Gasteiger partial charge in [-0.1, -0.05) is 22.9 Å². The van der Waals surface area contributed by atoms with Crippen molar-refractivity contribution in [3.63, 3.8) is 0 Å². The lowest BCUT2D eigenvalue weighted by molar-refractivity contribution is -0.119. The van der Waals surface area contributed by atoms with Crippen LogP contribution in [0.5, 0.6) is 0 Å². The number of carbonyl (C=O) groups excluding carboxylic acids is 1. The third kappa shape index (κ3) is 2.78. The molecule has 1 aromatic heterocycles. The van der Waals surface area contributed by atoms with Crippen LogP contribution in [0.4, 0.5) is 5.82 Å². The highest BCUT2D eigenvalue weighted by Crippen LogP contribution is 2.36. The molecule has 0 aliphatic heterocycles. The molecule has 0 radical (unpaired) electrons. The number of amides is 1. The molecule has 0 spiro atoms. The van der Waals surface area contributed by atoms with Crippen LogP contribution in [0, 0.1) is 11.8 Å². The molecule has 3 nitrogen and oxygen atoms in total. The van der Waals surface area contributed by atoms with Crippen molar-refractivity contribution in [2.75, 3.05) is 5.32 Å². The number of pyridine rings is 1. The molecule has 1 unspecified atom stereocenters. The van der Waals surface area contributed by atoms with Crippen LogP contribution in [0.3, 0.4) is 0 Å². The van der Waals surface area contributed by atoms with Gasteiger partial charge >= 0.3 is 0 Å². The molecule has 1 amide bonds. The fraction of sp³-hybridized carbons (Fsp3) is 0.455. The van der Waals surface area contributed by atoms with Crippen LogP contribution in [-0.2, 0) is 4.79 Å². The molecule has 15 heavy (non-hydrogen) atoms. The smallest absolute Gasteiger partial charge is 0.228 e. The van der Waals surface area contributed by atoms with Gasteiger partial charge in [0.15, 0.2) is 0 Å². The van der Waals surface area contributed by atoms with Crippen molar-refractivity contribution in [3.05, 3.63) is 22.8 Å². The van der Waals surface area contributed by atoms with Crippen LogP contribution in [0.1, 0.15) is 19.8 Å². The number of carbonyl (C=O) groups is 1. The van der Waals surface area contributed by atoms with Crippen molar-refractivity contribution >= 4 is 27.7 Å². The van der Waals surface area contributed by atoms with E-state index >= 15 is 0 Å². The Balaban J connectivity index is 1.98. The van der Waals surface area contributed by atoms with E-state index in [9.17, 15) is 4.79 Å². The number of nitrogens with one attached hydrogen (secondary N) is 1. The summed E-state index contributed by atoms with van der Waals surface area (Å²) in [5, 5.41) is 2.82. The Labute approximate surface area is 97.4 Å². The third-order valence-electron chi connectivity index (χ3n) is 2.72. The van der Waals surface area contributed by atoms with Crippen molar-refractivity contribution in [2.45, 2.75) is 19.8 Å². The molecular weight excluding hydrogens is 256 g/mol. The summed E-state index contributed by atoms with van der Waals surface area (Å²) in [7, 11) is 0. The van der Waals surface area contributed by atoms with E-state index in [0.29, 0.717) is 11.7 Å². The molecule has 1 aliphatic rings. The van der Waals surface area contributed by atoms with Crippen molar-refractivity contribution in [1.29, 1.82) is 0 Å². The maximum absolute atomic E-state index is 11.7. The third-order valence-corrected chi connectivity index (χ3v) is 3.21. The fourth-order valence-electron chi connectivity index (χ4n) is 1.52. The molecule has 1 saturated carbocycles. The lowest BCUT2D eigenvalue weighted by atomic mass is 10.1. The van der Waals surface area contributed by atoms with E-state index < -0.39 is 0 Å². The summed E-state index contributed by atoms with van der Waals surface area (Å²) in [5.41, 5.74) is 0. The largest absolute Gasteiger partial charge is 0.310 e. The first kappa shape index (κ1) is 10.6. The van der Waals surface area contributed by atoms with E-state index in [2.05, 4.69) is 26.2 Å². The van der Waals surface area contributed by atoms with Crippen molar-refractivity contribution in [3.8, 4) is 0 Å². The van der Waals surface area contributed by atoms with Gasteiger partial charge in [0.2, 0.25) is 5.91 Å². The summed E-state index contributed by atoms with van der Waals surface area (Å²) in [4.78, 5) is 15.8. The summed E-state index contributed by atoms with van der Waals surface area (Å²) in [5.74, 6) is 1.37. The van der Waals surface area contributed by atoms with E-state index in [4.69, 9.17) is 0 Å². The summed E-state index contributed by atoms with van der Waals surface area (Å²) < 4.78 is 0.923. The predicted molar refractivity (Wildman–Crippen MR) is 62.5 cm³/mol. The van der Waals surface area contributed by atoms with Crippen molar-refractivity contribution < 1.29 is 4.79 Å². The van der Waals surface area contributed by atoms with Gasteiger partial charge in [-0.3, -0.25) is 4.79 Å². The summed E-state index contributed by atoms with van der Waals surface area (Å²) in [6.45, 7) is 1.98. The average Bonchev–Trinajstić information content (AvgIpc) is 2.99. The molecule has 1 atom stereocenters. The first-order valence-electron chi connectivity index (χ1n) is 5.09. The number of halogens is 1. The van der Waals surface area contributed by atoms with Crippen LogP contribution in [0.15, 0.2) is 22.8 Å². The quantitative estimate of drug-likeness (QED) is 0.916. The van der Waals surface area contributed by atoms with Gasteiger partial charge in [0.25, 0.3) is 0 Å². The van der Waals surface area contributed by atoms with Gasteiger partial charge in [-0.05, 0) is 30.9 Å². The highest BCUT2D eigenvalue weighted by molar-refractivity contribution is 9.10. The lowest BCUT2D eigenvalue weighted by Crippen LogP contribution is -2.22. The number of nitrogens with zero attached hydrogens (tertiary/aromatic N) is 1.